The highest BCUT2D eigenvalue weighted by molar-refractivity contribution is 5.26. The van der Waals surface area contributed by atoms with Crippen molar-refractivity contribution in [3.05, 3.63) is 41.8 Å². The van der Waals surface area contributed by atoms with Gasteiger partial charge in [-0.3, -0.25) is 0 Å². The van der Waals surface area contributed by atoms with E-state index in [4.69, 9.17) is 0 Å². The molecule has 0 amide bonds. The smallest absolute Gasteiger partial charge is 0.00463 e. The largest absolute Gasteiger partial charge is 0.317 e. The molecule has 81 valence electrons. The van der Waals surface area contributed by atoms with Gasteiger partial charge in [0.15, 0.2) is 0 Å². The monoisotopic (exact) mass is 202 g/mol. The standard InChI is InChI=1S/C14H20N/c1-12-2-4-13(5-3-12)6-7-14-8-10-15-11-9-14/h2-6,14-15H,7-11H2,1H3. The van der Waals surface area contributed by atoms with Crippen LogP contribution in [-0.2, 0) is 0 Å². The summed E-state index contributed by atoms with van der Waals surface area (Å²) in [5.74, 6) is 0.896. The maximum Gasteiger partial charge on any atom is -0.00463 e. The summed E-state index contributed by atoms with van der Waals surface area (Å²) in [5.41, 5.74) is 2.72. The lowest BCUT2D eigenvalue weighted by Crippen LogP contribution is -2.27. The number of nitrogens with one attached hydrogen (secondary N) is 1. The van der Waals surface area contributed by atoms with E-state index in [0.717, 1.165) is 5.92 Å². The van der Waals surface area contributed by atoms with Gasteiger partial charge >= 0.3 is 0 Å². The van der Waals surface area contributed by atoms with Crippen LogP contribution in [-0.4, -0.2) is 13.1 Å². The molecule has 1 aliphatic rings. The Kier molecular flexibility index (Phi) is 3.79. The summed E-state index contributed by atoms with van der Waals surface area (Å²) in [6.07, 6.45) is 6.30. The van der Waals surface area contributed by atoms with Crippen molar-refractivity contribution in [2.75, 3.05) is 13.1 Å². The number of aryl methyl sites for hydroxylation is 1. The van der Waals surface area contributed by atoms with Crippen LogP contribution < -0.4 is 5.32 Å². The topological polar surface area (TPSA) is 12.0 Å². The number of hydrogen-bond acceptors (Lipinski definition) is 1. The highest BCUT2D eigenvalue weighted by Gasteiger charge is 2.12. The molecule has 1 saturated heterocycles. The Morgan fingerprint density at radius 1 is 1.20 bits per heavy atom. The van der Waals surface area contributed by atoms with Gasteiger partial charge in [0, 0.05) is 0 Å². The predicted octanol–water partition coefficient (Wildman–Crippen LogP) is 2.94. The van der Waals surface area contributed by atoms with Crippen molar-refractivity contribution in [3.8, 4) is 0 Å². The fourth-order valence-corrected chi connectivity index (χ4v) is 2.12. The third-order valence-electron chi connectivity index (χ3n) is 3.22. The molecule has 1 aliphatic heterocycles. The lowest BCUT2D eigenvalue weighted by atomic mass is 9.91. The summed E-state index contributed by atoms with van der Waals surface area (Å²) < 4.78 is 0. The summed E-state index contributed by atoms with van der Waals surface area (Å²) in [5, 5.41) is 3.41. The molecule has 1 heteroatoms. The first kappa shape index (κ1) is 10.7. The lowest BCUT2D eigenvalue weighted by Gasteiger charge is -2.22. The molecule has 0 saturated carbocycles. The van der Waals surface area contributed by atoms with Crippen LogP contribution in [0.5, 0.6) is 0 Å². The molecule has 1 radical (unpaired) electrons. The van der Waals surface area contributed by atoms with Crippen molar-refractivity contribution in [1.29, 1.82) is 0 Å². The third kappa shape index (κ3) is 3.35. The lowest BCUT2D eigenvalue weighted by molar-refractivity contribution is 0.372. The average molecular weight is 202 g/mol. The second-order valence-electron chi connectivity index (χ2n) is 4.54. The summed E-state index contributed by atoms with van der Waals surface area (Å²) in [4.78, 5) is 0. The molecule has 1 N–H and O–H groups in total. The molecule has 1 aromatic carbocycles. The van der Waals surface area contributed by atoms with E-state index in [0.29, 0.717) is 0 Å². The van der Waals surface area contributed by atoms with Crippen LogP contribution in [0.15, 0.2) is 24.3 Å². The molecule has 2 rings (SSSR count). The molecule has 0 unspecified atom stereocenters. The minimum absolute atomic E-state index is 0.896. The van der Waals surface area contributed by atoms with Crippen molar-refractivity contribution < 1.29 is 0 Å². The minimum Gasteiger partial charge on any atom is -0.317 e. The first-order valence-electron chi connectivity index (χ1n) is 5.95. The maximum atomic E-state index is 3.41. The number of benzene rings is 1. The molecular formula is C14H20N. The Morgan fingerprint density at radius 2 is 1.87 bits per heavy atom. The van der Waals surface area contributed by atoms with E-state index in [-0.39, 0.29) is 0 Å². The van der Waals surface area contributed by atoms with Crippen LogP contribution in [0.4, 0.5) is 0 Å². The molecule has 1 aromatic rings. The van der Waals surface area contributed by atoms with Gasteiger partial charge < -0.3 is 5.32 Å². The van der Waals surface area contributed by atoms with Crippen molar-refractivity contribution in [3.63, 3.8) is 0 Å². The maximum absolute atomic E-state index is 3.41. The Bertz CT molecular complexity index is 283. The van der Waals surface area contributed by atoms with Crippen LogP contribution in [0.3, 0.4) is 0 Å². The van der Waals surface area contributed by atoms with E-state index in [1.807, 2.05) is 0 Å². The van der Waals surface area contributed by atoms with E-state index < -0.39 is 0 Å². The normalized spacial score (nSPS) is 17.9. The van der Waals surface area contributed by atoms with Gasteiger partial charge in [-0.25, -0.2) is 0 Å². The Balaban J connectivity index is 1.79. The van der Waals surface area contributed by atoms with Crippen LogP contribution in [0.2, 0.25) is 0 Å². The van der Waals surface area contributed by atoms with Gasteiger partial charge in [-0.1, -0.05) is 29.8 Å². The first-order chi connectivity index (χ1) is 7.34. The second-order valence-corrected chi connectivity index (χ2v) is 4.54. The fourth-order valence-electron chi connectivity index (χ4n) is 2.12. The first-order valence-corrected chi connectivity index (χ1v) is 5.95. The fraction of sp³-hybridized carbons (Fsp3) is 0.500. The van der Waals surface area contributed by atoms with E-state index in [2.05, 4.69) is 42.9 Å². The van der Waals surface area contributed by atoms with Crippen LogP contribution >= 0.6 is 0 Å². The molecule has 1 fully saturated rings. The Hall–Kier alpha value is -0.820. The molecule has 0 aromatic heterocycles. The van der Waals surface area contributed by atoms with Crippen LogP contribution in [0, 0.1) is 19.3 Å². The third-order valence-corrected chi connectivity index (χ3v) is 3.22. The highest BCUT2D eigenvalue weighted by Crippen LogP contribution is 2.20. The van der Waals surface area contributed by atoms with Crippen LogP contribution in [0.25, 0.3) is 0 Å². The van der Waals surface area contributed by atoms with E-state index in [9.17, 15) is 0 Å². The molecule has 0 aliphatic carbocycles. The minimum atomic E-state index is 0.896. The Labute approximate surface area is 92.9 Å². The zero-order valence-electron chi connectivity index (χ0n) is 9.50. The summed E-state index contributed by atoms with van der Waals surface area (Å²) in [6.45, 7) is 4.54. The number of rotatable bonds is 3. The van der Waals surface area contributed by atoms with Crippen molar-refractivity contribution in [2.24, 2.45) is 5.92 Å². The van der Waals surface area contributed by atoms with Gasteiger partial charge in [0.25, 0.3) is 0 Å². The van der Waals surface area contributed by atoms with Gasteiger partial charge in [0.05, 0.1) is 0 Å². The van der Waals surface area contributed by atoms with Gasteiger partial charge in [-0.2, -0.15) is 0 Å². The highest BCUT2D eigenvalue weighted by atomic mass is 14.9. The number of piperidine rings is 1. The van der Waals surface area contributed by atoms with Gasteiger partial charge in [-0.15, -0.1) is 0 Å². The molecule has 0 atom stereocenters. The summed E-state index contributed by atoms with van der Waals surface area (Å²) in [7, 11) is 0. The zero-order chi connectivity index (χ0) is 10.5. The molecule has 15 heavy (non-hydrogen) atoms. The quantitative estimate of drug-likeness (QED) is 0.794. The SMILES string of the molecule is Cc1ccc([CH]CC2CCNCC2)cc1. The van der Waals surface area contributed by atoms with Gasteiger partial charge in [0.2, 0.25) is 0 Å². The predicted molar refractivity (Wildman–Crippen MR) is 64.8 cm³/mol. The van der Waals surface area contributed by atoms with E-state index in [1.165, 1.54) is 43.5 Å². The molecule has 0 spiro atoms. The van der Waals surface area contributed by atoms with Gasteiger partial charge in [-0.05, 0) is 57.2 Å². The van der Waals surface area contributed by atoms with Crippen molar-refractivity contribution in [1.82, 2.24) is 5.32 Å². The van der Waals surface area contributed by atoms with E-state index in [1.54, 1.807) is 0 Å². The average Bonchev–Trinajstić information content (AvgIpc) is 2.30. The van der Waals surface area contributed by atoms with Crippen LogP contribution in [0.1, 0.15) is 30.4 Å². The second kappa shape index (κ2) is 5.32. The summed E-state index contributed by atoms with van der Waals surface area (Å²) >= 11 is 0. The van der Waals surface area contributed by atoms with E-state index >= 15 is 0 Å². The van der Waals surface area contributed by atoms with Crippen molar-refractivity contribution in [2.45, 2.75) is 26.2 Å². The number of hydrogen-bond donors (Lipinski definition) is 1. The van der Waals surface area contributed by atoms with Gasteiger partial charge in [0.1, 0.15) is 0 Å². The van der Waals surface area contributed by atoms with Crippen molar-refractivity contribution >= 4 is 0 Å². The zero-order valence-corrected chi connectivity index (χ0v) is 9.50. The molecule has 1 heterocycles. The summed E-state index contributed by atoms with van der Waals surface area (Å²) in [6, 6.07) is 8.81. The molecule has 0 bridgehead atoms. The molecular weight excluding hydrogens is 182 g/mol. The Morgan fingerprint density at radius 3 is 2.53 bits per heavy atom. The molecule has 1 nitrogen and oxygen atoms in total.